The first-order valence-corrected chi connectivity index (χ1v) is 10.2. The van der Waals surface area contributed by atoms with Crippen molar-refractivity contribution in [3.63, 3.8) is 0 Å². The van der Waals surface area contributed by atoms with Crippen molar-refractivity contribution >= 4 is 28.6 Å². The fraction of sp³-hybridized carbons (Fsp3) is 0.500. The Morgan fingerprint density at radius 2 is 1.64 bits per heavy atom. The molecule has 0 spiro atoms. The number of rotatable bonds is 3. The van der Waals surface area contributed by atoms with Gasteiger partial charge in [0.25, 0.3) is 0 Å². The van der Waals surface area contributed by atoms with Crippen molar-refractivity contribution < 1.29 is 14.4 Å². The minimum Gasteiger partial charge on any atom is -0.350 e. The van der Waals surface area contributed by atoms with Crippen LogP contribution in [0.2, 0.25) is 0 Å². The molecule has 0 radical (unpaired) electrons. The highest BCUT2D eigenvalue weighted by atomic mass is 16.2. The van der Waals surface area contributed by atoms with Crippen molar-refractivity contribution in [2.24, 2.45) is 7.05 Å². The average molecular weight is 379 g/mol. The van der Waals surface area contributed by atoms with E-state index in [1.54, 1.807) is 0 Å². The van der Waals surface area contributed by atoms with E-state index in [0.29, 0.717) is 19.3 Å². The van der Waals surface area contributed by atoms with E-state index in [2.05, 4.69) is 27.8 Å². The lowest BCUT2D eigenvalue weighted by Crippen LogP contribution is -2.54. The third-order valence-electron chi connectivity index (χ3n) is 6.77. The molecule has 0 saturated carbocycles. The predicted octanol–water partition coefficient (Wildman–Crippen LogP) is 2.39. The topological polar surface area (TPSA) is 62.6 Å². The Bertz CT molecular complexity index is 949. The normalized spacial score (nSPS) is 27.2. The van der Waals surface area contributed by atoms with Crippen molar-refractivity contribution in [1.29, 1.82) is 0 Å². The number of benzene rings is 1. The van der Waals surface area contributed by atoms with Gasteiger partial charge in [0, 0.05) is 55.1 Å². The summed E-state index contributed by atoms with van der Waals surface area (Å²) in [6, 6.07) is 8.43. The molecule has 3 aliphatic rings. The SMILES string of the molecule is Cn1cc(CC(=O)N2C3CCC2CC(N2C(=O)CCC2=O)C3)c2ccccc21. The molecule has 3 amide bonds. The minimum atomic E-state index is -0.0371. The lowest BCUT2D eigenvalue weighted by Gasteiger charge is -2.41. The van der Waals surface area contributed by atoms with Crippen LogP contribution in [0.25, 0.3) is 10.9 Å². The summed E-state index contributed by atoms with van der Waals surface area (Å²) in [4.78, 5) is 41.0. The first-order valence-electron chi connectivity index (χ1n) is 10.2. The van der Waals surface area contributed by atoms with E-state index >= 15 is 0 Å². The van der Waals surface area contributed by atoms with Gasteiger partial charge in [-0.3, -0.25) is 19.3 Å². The van der Waals surface area contributed by atoms with E-state index in [1.165, 1.54) is 4.90 Å². The maximum Gasteiger partial charge on any atom is 0.229 e. The highest BCUT2D eigenvalue weighted by molar-refractivity contribution is 6.02. The van der Waals surface area contributed by atoms with E-state index in [9.17, 15) is 14.4 Å². The second-order valence-corrected chi connectivity index (χ2v) is 8.43. The minimum absolute atomic E-state index is 0.0263. The Labute approximate surface area is 164 Å². The summed E-state index contributed by atoms with van der Waals surface area (Å²) < 4.78 is 2.07. The molecule has 1 aromatic carbocycles. The molecule has 2 atom stereocenters. The van der Waals surface area contributed by atoms with Crippen LogP contribution in [-0.2, 0) is 27.9 Å². The molecular formula is C22H25N3O3. The lowest BCUT2D eigenvalue weighted by atomic mass is 9.95. The monoisotopic (exact) mass is 379 g/mol. The number of likely N-dealkylation sites (tertiary alicyclic amines) is 1. The Morgan fingerprint density at radius 1 is 1.00 bits per heavy atom. The van der Waals surface area contributed by atoms with Crippen LogP contribution in [0.4, 0.5) is 0 Å². The first kappa shape index (κ1) is 17.5. The van der Waals surface area contributed by atoms with Crippen LogP contribution in [-0.4, -0.2) is 50.2 Å². The molecule has 4 heterocycles. The summed E-state index contributed by atoms with van der Waals surface area (Å²) in [5.74, 6) is 0.0937. The van der Waals surface area contributed by atoms with E-state index in [4.69, 9.17) is 0 Å². The molecule has 2 aromatic rings. The molecular weight excluding hydrogens is 354 g/mol. The number of aryl methyl sites for hydroxylation is 1. The van der Waals surface area contributed by atoms with Gasteiger partial charge in [-0.15, -0.1) is 0 Å². The molecule has 3 fully saturated rings. The number of carbonyl (C=O) groups excluding carboxylic acids is 3. The van der Waals surface area contributed by atoms with Crippen LogP contribution in [0, 0.1) is 0 Å². The van der Waals surface area contributed by atoms with Crippen molar-refractivity contribution in [3.8, 4) is 0 Å². The van der Waals surface area contributed by atoms with Gasteiger partial charge >= 0.3 is 0 Å². The standard InChI is InChI=1S/C22H25N3O3/c1-23-13-14(18-4-2-3-5-19(18)23)10-22(28)24-15-6-7-16(24)12-17(11-15)25-20(26)8-9-21(25)27/h2-5,13,15-17H,6-12H2,1H3. The van der Waals surface area contributed by atoms with Gasteiger partial charge in [-0.25, -0.2) is 0 Å². The Kier molecular flexibility index (Phi) is 4.03. The third kappa shape index (κ3) is 2.65. The van der Waals surface area contributed by atoms with E-state index in [-0.39, 0.29) is 35.8 Å². The molecule has 146 valence electrons. The van der Waals surface area contributed by atoms with Crippen LogP contribution in [0.15, 0.2) is 30.5 Å². The van der Waals surface area contributed by atoms with Crippen molar-refractivity contribution in [2.75, 3.05) is 0 Å². The molecule has 28 heavy (non-hydrogen) atoms. The Morgan fingerprint density at radius 3 is 2.32 bits per heavy atom. The zero-order valence-corrected chi connectivity index (χ0v) is 16.1. The van der Waals surface area contributed by atoms with Gasteiger partial charge < -0.3 is 9.47 Å². The van der Waals surface area contributed by atoms with Crippen molar-refractivity contribution in [3.05, 3.63) is 36.0 Å². The Balaban J connectivity index is 1.34. The summed E-state index contributed by atoms with van der Waals surface area (Å²) in [6.45, 7) is 0. The maximum absolute atomic E-state index is 13.2. The second kappa shape index (κ2) is 6.47. The number of piperidine rings is 1. The van der Waals surface area contributed by atoms with Gasteiger partial charge in [-0.05, 0) is 37.3 Å². The zero-order chi connectivity index (χ0) is 19.4. The molecule has 0 aliphatic carbocycles. The number of nitrogens with zero attached hydrogens (tertiary/aromatic N) is 3. The zero-order valence-electron chi connectivity index (χ0n) is 16.1. The predicted molar refractivity (Wildman–Crippen MR) is 104 cm³/mol. The number of amides is 3. The summed E-state index contributed by atoms with van der Waals surface area (Å²) in [5.41, 5.74) is 2.20. The fourth-order valence-electron chi connectivity index (χ4n) is 5.59. The largest absolute Gasteiger partial charge is 0.350 e. The van der Waals surface area contributed by atoms with Gasteiger partial charge in [0.2, 0.25) is 17.7 Å². The summed E-state index contributed by atoms with van der Waals surface area (Å²) in [6.07, 6.45) is 6.55. The van der Waals surface area contributed by atoms with Crippen LogP contribution in [0.5, 0.6) is 0 Å². The molecule has 1 aromatic heterocycles. The summed E-state index contributed by atoms with van der Waals surface area (Å²) in [7, 11) is 2.01. The van der Waals surface area contributed by atoms with Gasteiger partial charge in [0.1, 0.15) is 0 Å². The van der Waals surface area contributed by atoms with Crippen LogP contribution in [0.1, 0.15) is 44.1 Å². The number of carbonyl (C=O) groups is 3. The van der Waals surface area contributed by atoms with E-state index in [1.807, 2.05) is 19.2 Å². The van der Waals surface area contributed by atoms with Gasteiger partial charge in [0.05, 0.1) is 6.42 Å². The first-order chi connectivity index (χ1) is 13.5. The van der Waals surface area contributed by atoms with Gasteiger partial charge in [-0.1, -0.05) is 18.2 Å². The van der Waals surface area contributed by atoms with E-state index in [0.717, 1.165) is 42.1 Å². The number of aromatic nitrogens is 1. The summed E-state index contributed by atoms with van der Waals surface area (Å²) >= 11 is 0. The highest BCUT2D eigenvalue weighted by Gasteiger charge is 2.47. The molecule has 6 heteroatoms. The van der Waals surface area contributed by atoms with Crippen molar-refractivity contribution in [1.82, 2.24) is 14.4 Å². The average Bonchev–Trinajstić information content (AvgIpc) is 3.27. The Hall–Kier alpha value is -2.63. The molecule has 3 saturated heterocycles. The molecule has 3 aliphatic heterocycles. The molecule has 6 nitrogen and oxygen atoms in total. The molecule has 5 rings (SSSR count). The van der Waals surface area contributed by atoms with Crippen molar-refractivity contribution in [2.45, 2.75) is 63.1 Å². The number of hydrogen-bond acceptors (Lipinski definition) is 3. The second-order valence-electron chi connectivity index (χ2n) is 8.43. The quantitative estimate of drug-likeness (QED) is 0.770. The smallest absolute Gasteiger partial charge is 0.229 e. The fourth-order valence-corrected chi connectivity index (χ4v) is 5.59. The molecule has 2 bridgehead atoms. The van der Waals surface area contributed by atoms with Gasteiger partial charge in [0.15, 0.2) is 0 Å². The third-order valence-corrected chi connectivity index (χ3v) is 6.77. The maximum atomic E-state index is 13.2. The van der Waals surface area contributed by atoms with Crippen LogP contribution >= 0.6 is 0 Å². The summed E-state index contributed by atoms with van der Waals surface area (Å²) in [5, 5.41) is 1.13. The number of fused-ring (bicyclic) bond motifs is 3. The van der Waals surface area contributed by atoms with Gasteiger partial charge in [-0.2, -0.15) is 0 Å². The number of para-hydroxylation sites is 1. The molecule has 2 unspecified atom stereocenters. The highest BCUT2D eigenvalue weighted by Crippen LogP contribution is 2.39. The van der Waals surface area contributed by atoms with Crippen LogP contribution in [0.3, 0.4) is 0 Å². The lowest BCUT2D eigenvalue weighted by molar-refractivity contribution is -0.144. The number of imide groups is 1. The van der Waals surface area contributed by atoms with Crippen LogP contribution < -0.4 is 0 Å². The number of hydrogen-bond donors (Lipinski definition) is 0. The van der Waals surface area contributed by atoms with E-state index < -0.39 is 0 Å². The molecule has 0 N–H and O–H groups in total.